The van der Waals surface area contributed by atoms with Crippen LogP contribution in [-0.2, 0) is 9.59 Å². The van der Waals surface area contributed by atoms with Gasteiger partial charge in [-0.1, -0.05) is 60.7 Å². The molecule has 28 heavy (non-hydrogen) atoms. The third kappa shape index (κ3) is 3.21. The quantitative estimate of drug-likeness (QED) is 0.271. The van der Waals surface area contributed by atoms with Crippen LogP contribution in [0.15, 0.2) is 72.8 Å². The number of hydrogen-bond acceptors (Lipinski definition) is 4. The van der Waals surface area contributed by atoms with Crippen LogP contribution < -0.4 is 9.47 Å². The number of rotatable bonds is 3. The van der Waals surface area contributed by atoms with E-state index in [1.165, 1.54) is 13.8 Å². The van der Waals surface area contributed by atoms with E-state index >= 15 is 0 Å². The van der Waals surface area contributed by atoms with E-state index in [0.29, 0.717) is 11.5 Å². The molecule has 0 aliphatic heterocycles. The largest absolute Gasteiger partial charge is 0.427 e. The normalized spacial score (nSPS) is 10.8. The lowest BCUT2D eigenvalue weighted by molar-refractivity contribution is -0.132. The number of esters is 2. The summed E-state index contributed by atoms with van der Waals surface area (Å²) in [4.78, 5) is 22.9. The van der Waals surface area contributed by atoms with Crippen LogP contribution in [0.25, 0.3) is 32.7 Å². The Bertz CT molecular complexity index is 1150. The molecule has 0 atom stereocenters. The van der Waals surface area contributed by atoms with Crippen LogP contribution >= 0.6 is 0 Å². The zero-order valence-corrected chi connectivity index (χ0v) is 15.6. The van der Waals surface area contributed by atoms with Gasteiger partial charge in [0.05, 0.1) is 0 Å². The Morgan fingerprint density at radius 2 is 1.07 bits per heavy atom. The van der Waals surface area contributed by atoms with E-state index in [1.54, 1.807) is 12.1 Å². The first-order valence-electron chi connectivity index (χ1n) is 8.95. The SMILES string of the molecule is CC(=O)Oc1ccc(-c2c3ccccc3c(OC(C)=O)c3ccccc23)cc1. The summed E-state index contributed by atoms with van der Waals surface area (Å²) in [7, 11) is 0. The molecule has 4 nitrogen and oxygen atoms in total. The molecule has 0 heterocycles. The van der Waals surface area contributed by atoms with Gasteiger partial charge in [-0.05, 0) is 34.0 Å². The molecule has 0 fully saturated rings. The van der Waals surface area contributed by atoms with E-state index in [4.69, 9.17) is 9.47 Å². The minimum Gasteiger partial charge on any atom is -0.427 e. The zero-order chi connectivity index (χ0) is 19.7. The van der Waals surface area contributed by atoms with E-state index in [0.717, 1.165) is 32.7 Å². The van der Waals surface area contributed by atoms with E-state index in [-0.39, 0.29) is 11.9 Å². The Labute approximate surface area is 162 Å². The molecule has 0 aromatic heterocycles. The molecule has 0 N–H and O–H groups in total. The van der Waals surface area contributed by atoms with Crippen LogP contribution in [0.5, 0.6) is 11.5 Å². The first-order chi connectivity index (χ1) is 13.5. The molecular formula is C24H18O4. The molecular weight excluding hydrogens is 352 g/mol. The molecule has 0 spiro atoms. The van der Waals surface area contributed by atoms with Gasteiger partial charge in [-0.3, -0.25) is 9.59 Å². The molecule has 4 heteroatoms. The van der Waals surface area contributed by atoms with Crippen molar-refractivity contribution in [3.05, 3.63) is 72.8 Å². The van der Waals surface area contributed by atoms with Gasteiger partial charge in [-0.15, -0.1) is 0 Å². The monoisotopic (exact) mass is 370 g/mol. The van der Waals surface area contributed by atoms with Gasteiger partial charge in [0.25, 0.3) is 0 Å². The number of carbonyl (C=O) groups is 2. The molecule has 4 aromatic carbocycles. The maximum atomic E-state index is 11.7. The Kier molecular flexibility index (Phi) is 4.53. The summed E-state index contributed by atoms with van der Waals surface area (Å²) < 4.78 is 10.7. The first kappa shape index (κ1) is 17.7. The van der Waals surface area contributed by atoms with Crippen molar-refractivity contribution in [1.29, 1.82) is 0 Å². The maximum Gasteiger partial charge on any atom is 0.308 e. The van der Waals surface area contributed by atoms with E-state index in [1.807, 2.05) is 60.7 Å². The number of ether oxygens (including phenoxy) is 2. The van der Waals surface area contributed by atoms with Crippen LogP contribution in [0, 0.1) is 0 Å². The molecule has 0 saturated carbocycles. The zero-order valence-electron chi connectivity index (χ0n) is 15.6. The topological polar surface area (TPSA) is 52.6 Å². The average Bonchev–Trinajstić information content (AvgIpc) is 2.68. The third-order valence-electron chi connectivity index (χ3n) is 4.53. The fraction of sp³-hybridized carbons (Fsp3) is 0.0833. The number of fused-ring (bicyclic) bond motifs is 2. The fourth-order valence-corrected chi connectivity index (χ4v) is 3.51. The summed E-state index contributed by atoms with van der Waals surface area (Å²) in [6.45, 7) is 2.79. The lowest BCUT2D eigenvalue weighted by Gasteiger charge is -2.16. The molecule has 0 unspecified atom stereocenters. The van der Waals surface area contributed by atoms with Gasteiger partial charge in [0.15, 0.2) is 0 Å². The van der Waals surface area contributed by atoms with Crippen LogP contribution in [0.2, 0.25) is 0 Å². The van der Waals surface area contributed by atoms with Crippen molar-refractivity contribution < 1.29 is 19.1 Å². The first-order valence-corrected chi connectivity index (χ1v) is 8.95. The molecule has 0 saturated heterocycles. The minimum atomic E-state index is -0.353. The van der Waals surface area contributed by atoms with Gasteiger partial charge in [-0.25, -0.2) is 0 Å². The number of benzene rings is 4. The summed E-state index contributed by atoms with van der Waals surface area (Å²) in [6.07, 6.45) is 0. The van der Waals surface area contributed by atoms with Crippen LogP contribution in [-0.4, -0.2) is 11.9 Å². The highest BCUT2D eigenvalue weighted by Gasteiger charge is 2.17. The summed E-state index contributed by atoms with van der Waals surface area (Å²) >= 11 is 0. The van der Waals surface area contributed by atoms with Gasteiger partial charge in [0, 0.05) is 24.6 Å². The Balaban J connectivity index is 2.02. The lowest BCUT2D eigenvalue weighted by atomic mass is 9.91. The van der Waals surface area contributed by atoms with Crippen molar-refractivity contribution in [3.63, 3.8) is 0 Å². The van der Waals surface area contributed by atoms with Crippen molar-refractivity contribution >= 4 is 33.5 Å². The van der Waals surface area contributed by atoms with E-state index in [9.17, 15) is 9.59 Å². The molecule has 0 radical (unpaired) electrons. The Hall–Kier alpha value is -3.66. The fourth-order valence-electron chi connectivity index (χ4n) is 3.51. The van der Waals surface area contributed by atoms with E-state index in [2.05, 4.69) is 0 Å². The van der Waals surface area contributed by atoms with Gasteiger partial charge in [0.1, 0.15) is 11.5 Å². The summed E-state index contributed by atoms with van der Waals surface area (Å²) in [5.74, 6) is 0.364. The predicted octanol–water partition coefficient (Wildman–Crippen LogP) is 5.51. The van der Waals surface area contributed by atoms with Crippen molar-refractivity contribution in [3.8, 4) is 22.6 Å². The van der Waals surface area contributed by atoms with E-state index < -0.39 is 0 Å². The Morgan fingerprint density at radius 3 is 1.54 bits per heavy atom. The number of carbonyl (C=O) groups excluding carboxylic acids is 2. The average molecular weight is 370 g/mol. The minimum absolute atomic E-state index is 0.352. The van der Waals surface area contributed by atoms with Crippen molar-refractivity contribution in [2.24, 2.45) is 0 Å². The highest BCUT2D eigenvalue weighted by molar-refractivity contribution is 6.17. The van der Waals surface area contributed by atoms with Crippen LogP contribution in [0.4, 0.5) is 0 Å². The van der Waals surface area contributed by atoms with Crippen LogP contribution in [0.3, 0.4) is 0 Å². The van der Waals surface area contributed by atoms with Gasteiger partial charge in [0.2, 0.25) is 0 Å². The van der Waals surface area contributed by atoms with Crippen molar-refractivity contribution in [2.75, 3.05) is 0 Å². The molecule has 0 aliphatic rings. The Morgan fingerprint density at radius 1 is 0.607 bits per heavy atom. The molecule has 4 aromatic rings. The van der Waals surface area contributed by atoms with Crippen LogP contribution in [0.1, 0.15) is 13.8 Å². The third-order valence-corrected chi connectivity index (χ3v) is 4.53. The summed E-state index contributed by atoms with van der Waals surface area (Å²) in [5, 5.41) is 3.71. The second kappa shape index (κ2) is 7.16. The molecule has 0 aliphatic carbocycles. The van der Waals surface area contributed by atoms with Gasteiger partial charge < -0.3 is 9.47 Å². The standard InChI is InChI=1S/C24H18O4/c1-15(25)27-18-13-11-17(12-14-18)23-19-7-3-5-9-21(19)24(28-16(2)26)22-10-6-4-8-20(22)23/h3-14H,1-2H3. The van der Waals surface area contributed by atoms with Crippen molar-refractivity contribution in [2.45, 2.75) is 13.8 Å². The second-order valence-electron chi connectivity index (χ2n) is 6.51. The lowest BCUT2D eigenvalue weighted by Crippen LogP contribution is -2.03. The summed E-state index contributed by atoms with van der Waals surface area (Å²) in [6, 6.07) is 23.1. The van der Waals surface area contributed by atoms with Gasteiger partial charge in [-0.2, -0.15) is 0 Å². The predicted molar refractivity (Wildman–Crippen MR) is 110 cm³/mol. The molecule has 0 amide bonds. The molecule has 4 rings (SSSR count). The maximum absolute atomic E-state index is 11.7. The van der Waals surface area contributed by atoms with Crippen molar-refractivity contribution in [1.82, 2.24) is 0 Å². The molecule has 0 bridgehead atoms. The highest BCUT2D eigenvalue weighted by atomic mass is 16.5. The number of hydrogen-bond donors (Lipinski definition) is 0. The van der Waals surface area contributed by atoms with Gasteiger partial charge >= 0.3 is 11.9 Å². The molecule has 138 valence electrons. The summed E-state index contributed by atoms with van der Waals surface area (Å²) in [5.41, 5.74) is 2.02. The second-order valence-corrected chi connectivity index (χ2v) is 6.51. The smallest absolute Gasteiger partial charge is 0.308 e. The highest BCUT2D eigenvalue weighted by Crippen LogP contribution is 2.43.